The monoisotopic (exact) mass is 836 g/mol. The van der Waals surface area contributed by atoms with E-state index in [1.54, 1.807) is 32.5 Å². The fraction of sp³-hybridized carbons (Fsp3) is 0.511. The third kappa shape index (κ3) is 9.31. The lowest BCUT2D eigenvalue weighted by molar-refractivity contribution is -0.155. The minimum Gasteiger partial charge on any atom is -0.508 e. The zero-order valence-corrected chi connectivity index (χ0v) is 36.5. The average molecular weight is 837 g/mol. The molecule has 0 saturated carbocycles. The summed E-state index contributed by atoms with van der Waals surface area (Å²) in [6, 6.07) is 10.7. The number of likely N-dealkylation sites (N-methyl/N-ethyl adjacent to an activating group) is 1. The molecule has 61 heavy (non-hydrogen) atoms. The van der Waals surface area contributed by atoms with Crippen LogP contribution in [0.1, 0.15) is 77.0 Å². The number of pyridine rings is 1. The lowest BCUT2D eigenvalue weighted by Crippen LogP contribution is -2.62. The van der Waals surface area contributed by atoms with E-state index in [1.165, 1.54) is 9.91 Å². The van der Waals surface area contributed by atoms with Crippen LogP contribution in [0.2, 0.25) is 0 Å². The number of ether oxygens (including phenoxy) is 3. The van der Waals surface area contributed by atoms with Crippen molar-refractivity contribution in [3.63, 3.8) is 0 Å². The molecule has 2 saturated heterocycles. The highest BCUT2D eigenvalue weighted by Gasteiger charge is 2.39. The molecule has 6 bridgehead atoms. The summed E-state index contributed by atoms with van der Waals surface area (Å²) in [5, 5.41) is 16.7. The number of aromatic nitrogens is 2. The van der Waals surface area contributed by atoms with E-state index in [1.807, 2.05) is 38.2 Å². The number of hydrazine groups is 1. The average Bonchev–Trinajstić information content (AvgIpc) is 3.88. The van der Waals surface area contributed by atoms with Gasteiger partial charge in [0.05, 0.1) is 18.9 Å². The van der Waals surface area contributed by atoms with Crippen LogP contribution in [0.3, 0.4) is 0 Å². The van der Waals surface area contributed by atoms with Crippen LogP contribution in [0.5, 0.6) is 5.75 Å². The molecule has 3 N–H and O–H groups in total. The van der Waals surface area contributed by atoms with Gasteiger partial charge in [-0.1, -0.05) is 39.8 Å². The second-order valence-corrected chi connectivity index (χ2v) is 17.8. The van der Waals surface area contributed by atoms with Crippen LogP contribution in [0.15, 0.2) is 54.9 Å². The van der Waals surface area contributed by atoms with Gasteiger partial charge in [-0.3, -0.25) is 29.2 Å². The standard InChI is InChI=1S/C47H60N6O8/c1-8-52-39-14-13-30-23-34(39)35(42(52)36-25-48-16-15-31(36)26-59-7)24-47(4,5)27-61-46(58)37-11-9-17-53(50-37)44(56)38(21-29-19-32(30)22-33(54)20-29)49-43(55)41(28(2)3)51(6)45(57)40-12-10-18-60-40/h13-16,19-20,22-23,25,28,37-38,40-41,50,54H,8-12,17-18,21,24,26-27H2,1-7H3,(H,49,55)/t37-,38-,40?,41-/m0/s1. The predicted molar refractivity (Wildman–Crippen MR) is 231 cm³/mol. The Morgan fingerprint density at radius 2 is 1.90 bits per heavy atom. The van der Waals surface area contributed by atoms with E-state index >= 15 is 0 Å². The largest absolute Gasteiger partial charge is 0.508 e. The van der Waals surface area contributed by atoms with Gasteiger partial charge in [-0.05, 0) is 103 Å². The molecule has 2 aromatic carbocycles. The third-order valence-corrected chi connectivity index (χ3v) is 12.2. The quantitative estimate of drug-likeness (QED) is 0.182. The number of phenolic OH excluding ortho intramolecular Hbond substituents is 1. The number of esters is 1. The normalized spacial score (nSPS) is 21.2. The third-order valence-electron chi connectivity index (χ3n) is 12.2. The number of aryl methyl sites for hydroxylation is 1. The van der Waals surface area contributed by atoms with Gasteiger partial charge in [0.25, 0.3) is 11.8 Å². The van der Waals surface area contributed by atoms with Crippen molar-refractivity contribution in [3.05, 3.63) is 71.5 Å². The molecule has 326 valence electrons. The molecule has 1 unspecified atom stereocenters. The Labute approximate surface area is 357 Å². The lowest BCUT2D eigenvalue weighted by atomic mass is 9.84. The molecular formula is C47H60N6O8. The van der Waals surface area contributed by atoms with Gasteiger partial charge in [-0.2, -0.15) is 0 Å². The number of carbonyl (C=O) groups is 4. The zero-order chi connectivity index (χ0) is 43.6. The van der Waals surface area contributed by atoms with Gasteiger partial charge in [0.2, 0.25) is 5.91 Å². The Bertz CT molecular complexity index is 2280. The Hall–Kier alpha value is -5.31. The highest BCUT2D eigenvalue weighted by molar-refractivity contribution is 5.96. The van der Waals surface area contributed by atoms with E-state index in [-0.39, 0.29) is 30.6 Å². The Morgan fingerprint density at radius 1 is 1.10 bits per heavy atom. The van der Waals surface area contributed by atoms with Gasteiger partial charge in [0.1, 0.15) is 30.0 Å². The summed E-state index contributed by atoms with van der Waals surface area (Å²) in [6.07, 6.45) is 5.95. The summed E-state index contributed by atoms with van der Waals surface area (Å²) in [5.74, 6) is -1.96. The molecule has 0 spiro atoms. The van der Waals surface area contributed by atoms with Gasteiger partial charge in [-0.25, -0.2) is 5.43 Å². The fourth-order valence-electron chi connectivity index (χ4n) is 9.25. The Morgan fingerprint density at radius 3 is 2.62 bits per heavy atom. The van der Waals surface area contributed by atoms with Crippen LogP contribution in [0, 0.1) is 11.3 Å². The summed E-state index contributed by atoms with van der Waals surface area (Å²) in [6.45, 7) is 12.0. The summed E-state index contributed by atoms with van der Waals surface area (Å²) in [7, 11) is 3.27. The van der Waals surface area contributed by atoms with Crippen molar-refractivity contribution in [3.8, 4) is 28.1 Å². The van der Waals surface area contributed by atoms with E-state index in [0.29, 0.717) is 57.6 Å². The molecule has 5 heterocycles. The Kier molecular flexibility index (Phi) is 13.2. The second kappa shape index (κ2) is 18.3. The van der Waals surface area contributed by atoms with Crippen molar-refractivity contribution in [1.29, 1.82) is 0 Å². The first-order chi connectivity index (χ1) is 29.2. The van der Waals surface area contributed by atoms with Gasteiger partial charge >= 0.3 is 5.97 Å². The number of carbonyl (C=O) groups excluding carboxylic acids is 4. The molecule has 14 nitrogen and oxygen atoms in total. The van der Waals surface area contributed by atoms with Crippen molar-refractivity contribution >= 4 is 34.6 Å². The van der Waals surface area contributed by atoms with Crippen LogP contribution >= 0.6 is 0 Å². The van der Waals surface area contributed by atoms with Crippen molar-refractivity contribution in [1.82, 2.24) is 30.2 Å². The number of methoxy groups -OCH3 is 1. The van der Waals surface area contributed by atoms with Crippen LogP contribution in [-0.4, -0.2) is 106 Å². The second-order valence-electron chi connectivity index (χ2n) is 17.8. The summed E-state index contributed by atoms with van der Waals surface area (Å²) in [4.78, 5) is 62.2. The van der Waals surface area contributed by atoms with E-state index in [9.17, 15) is 24.3 Å². The lowest BCUT2D eigenvalue weighted by Gasteiger charge is -2.37. The number of hydrogen-bond donors (Lipinski definition) is 3. The number of cyclic esters (lactones) is 1. The van der Waals surface area contributed by atoms with Crippen LogP contribution in [0.4, 0.5) is 0 Å². The van der Waals surface area contributed by atoms with Gasteiger partial charge in [-0.15, -0.1) is 0 Å². The van der Waals surface area contributed by atoms with Crippen molar-refractivity contribution in [2.24, 2.45) is 11.3 Å². The van der Waals surface area contributed by atoms with E-state index < -0.39 is 47.4 Å². The van der Waals surface area contributed by atoms with E-state index in [0.717, 1.165) is 50.8 Å². The van der Waals surface area contributed by atoms with Crippen molar-refractivity contribution in [2.45, 2.75) is 111 Å². The molecule has 7 rings (SSSR count). The summed E-state index contributed by atoms with van der Waals surface area (Å²) in [5.41, 5.74) is 9.87. The highest BCUT2D eigenvalue weighted by Crippen LogP contribution is 2.41. The number of nitrogens with zero attached hydrogens (tertiary/aromatic N) is 4. The number of hydrogen-bond acceptors (Lipinski definition) is 10. The fourth-order valence-corrected chi connectivity index (χ4v) is 9.25. The van der Waals surface area contributed by atoms with E-state index in [4.69, 9.17) is 14.2 Å². The number of aromatic hydroxyl groups is 1. The number of benzene rings is 2. The molecule has 2 fully saturated rings. The summed E-state index contributed by atoms with van der Waals surface area (Å²) < 4.78 is 19.7. The maximum absolute atomic E-state index is 14.6. The first-order valence-corrected chi connectivity index (χ1v) is 21.5. The first-order valence-electron chi connectivity index (χ1n) is 21.5. The predicted octanol–water partition coefficient (Wildman–Crippen LogP) is 5.55. The smallest absolute Gasteiger partial charge is 0.324 e. The molecule has 3 aliphatic rings. The topological polar surface area (TPSA) is 165 Å². The molecule has 14 heteroatoms. The van der Waals surface area contributed by atoms with Gasteiger partial charge in [0.15, 0.2) is 0 Å². The minimum absolute atomic E-state index is 0.00752. The van der Waals surface area contributed by atoms with Crippen molar-refractivity contribution in [2.75, 3.05) is 33.9 Å². The molecule has 4 atom stereocenters. The van der Waals surface area contributed by atoms with E-state index in [2.05, 4.69) is 53.2 Å². The number of phenols is 1. The molecule has 0 radical (unpaired) electrons. The highest BCUT2D eigenvalue weighted by atomic mass is 16.5. The van der Waals surface area contributed by atoms with Gasteiger partial charge in [0, 0.05) is 74.5 Å². The maximum Gasteiger partial charge on any atom is 0.324 e. The zero-order valence-electron chi connectivity index (χ0n) is 36.5. The van der Waals surface area contributed by atoms with Gasteiger partial charge < -0.3 is 34.1 Å². The minimum atomic E-state index is -1.12. The molecule has 2 aromatic heterocycles. The number of amides is 3. The van der Waals surface area contributed by atoms with Crippen LogP contribution < -0.4 is 10.7 Å². The maximum atomic E-state index is 14.6. The Balaban J connectivity index is 1.34. The number of fused-ring (bicyclic) bond motifs is 6. The first kappa shape index (κ1) is 43.8. The molecule has 0 aliphatic carbocycles. The van der Waals surface area contributed by atoms with Crippen molar-refractivity contribution < 1.29 is 38.5 Å². The molecular weight excluding hydrogens is 777 g/mol. The summed E-state index contributed by atoms with van der Waals surface area (Å²) >= 11 is 0. The van der Waals surface area contributed by atoms with Crippen LogP contribution in [-0.2, 0) is 59.4 Å². The number of nitrogens with one attached hydrogen (secondary N) is 2. The molecule has 3 amide bonds. The number of rotatable bonds is 9. The molecule has 3 aliphatic heterocycles. The molecule has 4 aromatic rings. The van der Waals surface area contributed by atoms with Crippen LogP contribution in [0.25, 0.3) is 33.3 Å². The SMILES string of the molecule is CCn1c(-c2cnccc2COC)c2c3cc(ccc31)-c1cc(O)cc(c1)C[C@H](NC(=O)[C@H](C(C)C)N(C)C(=O)C1CCCO1)C(=O)N1CCC[C@H](N1)C(=O)OCC(C)(C)C2.